The SMILES string of the molecule is O=C(Nc1ccc(F)c(-n2cc3cc(N4CCN(CC(F)(F)F)CC4)cnc3n2)c1)N1CCCC1. The number of pyridine rings is 1. The van der Waals surface area contributed by atoms with Crippen molar-refractivity contribution in [2.75, 3.05) is 56.0 Å². The summed E-state index contributed by atoms with van der Waals surface area (Å²) in [6.07, 6.45) is 1.01. The number of alkyl halides is 3. The maximum absolute atomic E-state index is 14.6. The Morgan fingerprint density at radius 2 is 1.77 bits per heavy atom. The molecule has 2 aliphatic rings. The summed E-state index contributed by atoms with van der Waals surface area (Å²) in [5, 5.41) is 7.85. The van der Waals surface area contributed by atoms with Crippen molar-refractivity contribution < 1.29 is 22.4 Å². The molecule has 3 aromatic rings. The van der Waals surface area contributed by atoms with Gasteiger partial charge in [0.25, 0.3) is 0 Å². The third-order valence-electron chi connectivity index (χ3n) is 6.32. The van der Waals surface area contributed by atoms with Crippen molar-refractivity contribution >= 4 is 28.4 Å². The lowest BCUT2D eigenvalue weighted by atomic mass is 10.2. The zero-order chi connectivity index (χ0) is 24.6. The van der Waals surface area contributed by atoms with Gasteiger partial charge >= 0.3 is 12.2 Å². The fraction of sp³-hybridized carbons (Fsp3) is 0.435. The summed E-state index contributed by atoms with van der Waals surface area (Å²) < 4.78 is 53.9. The quantitative estimate of drug-likeness (QED) is 0.562. The molecule has 0 unspecified atom stereocenters. The number of carbonyl (C=O) groups excluding carboxylic acids is 1. The molecule has 186 valence electrons. The Hall–Kier alpha value is -3.41. The van der Waals surface area contributed by atoms with E-state index in [9.17, 15) is 22.4 Å². The Morgan fingerprint density at radius 3 is 2.49 bits per heavy atom. The molecule has 0 spiro atoms. The van der Waals surface area contributed by atoms with E-state index in [2.05, 4.69) is 15.4 Å². The van der Waals surface area contributed by atoms with Crippen molar-refractivity contribution in [3.8, 4) is 5.69 Å². The van der Waals surface area contributed by atoms with E-state index in [0.29, 0.717) is 56.0 Å². The van der Waals surface area contributed by atoms with E-state index in [-0.39, 0.29) is 11.7 Å². The number of anilines is 2. The highest BCUT2D eigenvalue weighted by molar-refractivity contribution is 5.90. The largest absolute Gasteiger partial charge is 0.401 e. The predicted octanol–water partition coefficient (Wildman–Crippen LogP) is 3.87. The lowest BCUT2D eigenvalue weighted by Gasteiger charge is -2.36. The van der Waals surface area contributed by atoms with Crippen LogP contribution in [0.2, 0.25) is 0 Å². The maximum atomic E-state index is 14.6. The zero-order valence-corrected chi connectivity index (χ0v) is 18.9. The average Bonchev–Trinajstić information content (AvgIpc) is 3.49. The van der Waals surface area contributed by atoms with E-state index in [4.69, 9.17) is 0 Å². The lowest BCUT2D eigenvalue weighted by molar-refractivity contribution is -0.146. The number of amides is 2. The van der Waals surface area contributed by atoms with Crippen molar-refractivity contribution in [1.29, 1.82) is 0 Å². The van der Waals surface area contributed by atoms with Crippen molar-refractivity contribution in [2.24, 2.45) is 0 Å². The number of nitrogens with one attached hydrogen (secondary N) is 1. The second kappa shape index (κ2) is 9.33. The maximum Gasteiger partial charge on any atom is 0.401 e. The van der Waals surface area contributed by atoms with E-state index < -0.39 is 18.5 Å². The summed E-state index contributed by atoms with van der Waals surface area (Å²) >= 11 is 0. The number of hydrogen-bond donors (Lipinski definition) is 1. The fourth-order valence-electron chi connectivity index (χ4n) is 4.51. The number of hydrogen-bond acceptors (Lipinski definition) is 5. The van der Waals surface area contributed by atoms with Crippen LogP contribution in [-0.4, -0.2) is 82.6 Å². The van der Waals surface area contributed by atoms with E-state index in [1.54, 1.807) is 17.3 Å². The number of nitrogens with zero attached hydrogens (tertiary/aromatic N) is 6. The van der Waals surface area contributed by atoms with E-state index in [1.807, 2.05) is 11.0 Å². The highest BCUT2D eigenvalue weighted by Crippen LogP contribution is 2.25. The normalized spacial score (nSPS) is 17.4. The minimum atomic E-state index is -4.21. The number of benzene rings is 1. The fourth-order valence-corrected chi connectivity index (χ4v) is 4.51. The van der Waals surface area contributed by atoms with Crippen LogP contribution in [-0.2, 0) is 0 Å². The number of fused-ring (bicyclic) bond motifs is 1. The van der Waals surface area contributed by atoms with E-state index in [1.165, 1.54) is 27.8 Å². The number of piperazine rings is 1. The lowest BCUT2D eigenvalue weighted by Crippen LogP contribution is -2.49. The molecule has 8 nitrogen and oxygen atoms in total. The minimum Gasteiger partial charge on any atom is -0.368 e. The molecule has 1 aromatic carbocycles. The van der Waals surface area contributed by atoms with Gasteiger partial charge in [0.2, 0.25) is 0 Å². The number of aromatic nitrogens is 3. The third-order valence-corrected chi connectivity index (χ3v) is 6.32. The van der Waals surface area contributed by atoms with Gasteiger partial charge < -0.3 is 15.1 Å². The molecule has 2 aromatic heterocycles. The molecule has 0 radical (unpaired) electrons. The highest BCUT2D eigenvalue weighted by atomic mass is 19.4. The molecule has 1 N–H and O–H groups in total. The Balaban J connectivity index is 1.32. The number of halogens is 4. The van der Waals surface area contributed by atoms with E-state index >= 15 is 0 Å². The predicted molar refractivity (Wildman–Crippen MR) is 123 cm³/mol. The summed E-state index contributed by atoms with van der Waals surface area (Å²) in [6, 6.07) is 5.94. The highest BCUT2D eigenvalue weighted by Gasteiger charge is 2.32. The molecule has 0 aliphatic carbocycles. The molecule has 0 atom stereocenters. The Morgan fingerprint density at radius 1 is 1.03 bits per heavy atom. The molecule has 0 bridgehead atoms. The summed E-state index contributed by atoms with van der Waals surface area (Å²) in [5.74, 6) is -0.502. The Kier molecular flexibility index (Phi) is 6.22. The van der Waals surface area contributed by atoms with Gasteiger partial charge in [-0.05, 0) is 37.1 Å². The van der Waals surface area contributed by atoms with Crippen LogP contribution in [0.25, 0.3) is 16.7 Å². The van der Waals surface area contributed by atoms with Gasteiger partial charge in [-0.1, -0.05) is 0 Å². The summed E-state index contributed by atoms with van der Waals surface area (Å²) in [4.78, 5) is 21.8. The Bertz CT molecular complexity index is 1210. The van der Waals surface area contributed by atoms with Crippen LogP contribution in [0.1, 0.15) is 12.8 Å². The second-order valence-corrected chi connectivity index (χ2v) is 8.85. The first-order valence-corrected chi connectivity index (χ1v) is 11.5. The Labute approximate surface area is 199 Å². The summed E-state index contributed by atoms with van der Waals surface area (Å²) in [7, 11) is 0. The second-order valence-electron chi connectivity index (χ2n) is 8.85. The topological polar surface area (TPSA) is 69.5 Å². The van der Waals surface area contributed by atoms with Crippen LogP contribution >= 0.6 is 0 Å². The minimum absolute atomic E-state index is 0.171. The van der Waals surface area contributed by atoms with Gasteiger partial charge in [0.1, 0.15) is 11.5 Å². The van der Waals surface area contributed by atoms with Crippen LogP contribution in [0.15, 0.2) is 36.7 Å². The first kappa shape index (κ1) is 23.3. The summed E-state index contributed by atoms with van der Waals surface area (Å²) in [5.41, 5.74) is 1.82. The van der Waals surface area contributed by atoms with Crippen molar-refractivity contribution in [3.05, 3.63) is 42.5 Å². The standard InChI is InChI=1S/C23H25F4N7O/c24-19-4-3-17(29-22(35)33-5-1-2-6-33)12-20(19)34-14-16-11-18(13-28-21(16)30-34)32-9-7-31(8-10-32)15-23(25,26)27/h3-4,11-14H,1-2,5-10,15H2,(H,29,35). The number of likely N-dealkylation sites (tertiary alicyclic amines) is 1. The van der Waals surface area contributed by atoms with Gasteiger partial charge in [-0.25, -0.2) is 18.9 Å². The molecule has 5 rings (SSSR count). The monoisotopic (exact) mass is 491 g/mol. The van der Waals surface area contributed by atoms with Gasteiger partial charge in [-0.3, -0.25) is 4.90 Å². The smallest absolute Gasteiger partial charge is 0.368 e. The van der Waals surface area contributed by atoms with Crippen molar-refractivity contribution in [1.82, 2.24) is 24.6 Å². The molecule has 2 saturated heterocycles. The molecule has 2 aliphatic heterocycles. The molecule has 12 heteroatoms. The zero-order valence-electron chi connectivity index (χ0n) is 18.9. The van der Waals surface area contributed by atoms with Crippen LogP contribution < -0.4 is 10.2 Å². The molecule has 2 fully saturated rings. The first-order valence-electron chi connectivity index (χ1n) is 11.5. The van der Waals surface area contributed by atoms with Crippen molar-refractivity contribution in [3.63, 3.8) is 0 Å². The number of carbonyl (C=O) groups is 1. The van der Waals surface area contributed by atoms with E-state index in [0.717, 1.165) is 18.5 Å². The molecule has 0 saturated carbocycles. The number of urea groups is 1. The summed E-state index contributed by atoms with van der Waals surface area (Å²) in [6.45, 7) is 2.01. The van der Waals surface area contributed by atoms with Crippen molar-refractivity contribution in [2.45, 2.75) is 19.0 Å². The van der Waals surface area contributed by atoms with Gasteiger partial charge in [-0.2, -0.15) is 13.2 Å². The molecule has 2 amide bonds. The molecule has 4 heterocycles. The van der Waals surface area contributed by atoms with Crippen LogP contribution in [0, 0.1) is 5.82 Å². The van der Waals surface area contributed by atoms with Gasteiger partial charge in [0.05, 0.1) is 18.4 Å². The average molecular weight is 491 g/mol. The van der Waals surface area contributed by atoms with Gasteiger partial charge in [-0.15, -0.1) is 5.10 Å². The number of rotatable bonds is 4. The molecular weight excluding hydrogens is 466 g/mol. The molecule has 35 heavy (non-hydrogen) atoms. The van der Waals surface area contributed by atoms with Crippen LogP contribution in [0.5, 0.6) is 0 Å². The van der Waals surface area contributed by atoms with Crippen LogP contribution in [0.4, 0.5) is 33.7 Å². The third kappa shape index (κ3) is 5.31. The molecular formula is C23H25F4N7O. The van der Waals surface area contributed by atoms with Gasteiger partial charge in [0.15, 0.2) is 5.65 Å². The first-order chi connectivity index (χ1) is 16.7. The van der Waals surface area contributed by atoms with Gasteiger partial charge in [0, 0.05) is 56.5 Å². The van der Waals surface area contributed by atoms with Crippen LogP contribution in [0.3, 0.4) is 0 Å².